The molecule has 86 valence electrons. The van der Waals surface area contributed by atoms with E-state index in [0.29, 0.717) is 5.41 Å². The molecule has 4 aliphatic rings. The maximum Gasteiger partial charge on any atom is -0.00205 e. The number of fused-ring (bicyclic) bond motifs is 3. The minimum atomic E-state index is 0.584. The molecule has 0 aromatic heterocycles. The quantitative estimate of drug-likeness (QED) is 0.737. The molecule has 0 saturated heterocycles. The molecule has 2 bridgehead atoms. The second kappa shape index (κ2) is 3.48. The third-order valence-electron chi connectivity index (χ3n) is 6.11. The lowest BCUT2D eigenvalue weighted by Gasteiger charge is -2.56. The second-order valence-corrected chi connectivity index (χ2v) is 6.55. The topological polar surface area (TPSA) is 26.0 Å². The molecule has 0 amide bonds. The summed E-state index contributed by atoms with van der Waals surface area (Å²) in [6.07, 6.45) is 15.0. The summed E-state index contributed by atoms with van der Waals surface area (Å²) in [6, 6.07) is 0. The van der Waals surface area contributed by atoms with Crippen LogP contribution in [0.15, 0.2) is 0 Å². The highest BCUT2D eigenvalue weighted by Crippen LogP contribution is 2.61. The average molecular weight is 207 g/mol. The van der Waals surface area contributed by atoms with Gasteiger partial charge in [0.1, 0.15) is 0 Å². The van der Waals surface area contributed by atoms with Crippen molar-refractivity contribution in [1.29, 1.82) is 0 Å². The van der Waals surface area contributed by atoms with Crippen molar-refractivity contribution in [1.82, 2.24) is 0 Å². The molecule has 15 heavy (non-hydrogen) atoms. The molecule has 1 nitrogen and oxygen atoms in total. The molecular formula is C14H25N. The first-order valence-corrected chi connectivity index (χ1v) is 6.99. The van der Waals surface area contributed by atoms with Crippen LogP contribution in [0.2, 0.25) is 0 Å². The summed E-state index contributed by atoms with van der Waals surface area (Å²) < 4.78 is 0. The van der Waals surface area contributed by atoms with E-state index in [9.17, 15) is 0 Å². The predicted molar refractivity (Wildman–Crippen MR) is 63.6 cm³/mol. The van der Waals surface area contributed by atoms with Gasteiger partial charge in [0, 0.05) is 0 Å². The van der Waals surface area contributed by atoms with Crippen molar-refractivity contribution in [2.24, 2.45) is 22.5 Å². The number of hydrogen-bond donors (Lipinski definition) is 1. The lowest BCUT2D eigenvalue weighted by molar-refractivity contribution is -0.0413. The number of hydrogen-bond acceptors (Lipinski definition) is 1. The Labute approximate surface area is 93.8 Å². The van der Waals surface area contributed by atoms with Crippen molar-refractivity contribution in [2.45, 2.75) is 64.2 Å². The summed E-state index contributed by atoms with van der Waals surface area (Å²) in [5.74, 6) is 1.09. The SMILES string of the molecule is NCC12CCC(C3CCCC3)(CC1)CC2. The van der Waals surface area contributed by atoms with Crippen molar-refractivity contribution in [2.75, 3.05) is 6.54 Å². The Balaban J connectivity index is 1.75. The van der Waals surface area contributed by atoms with Gasteiger partial charge < -0.3 is 5.73 Å². The van der Waals surface area contributed by atoms with E-state index >= 15 is 0 Å². The van der Waals surface area contributed by atoms with E-state index in [1.807, 2.05) is 0 Å². The van der Waals surface area contributed by atoms with Crippen molar-refractivity contribution >= 4 is 0 Å². The summed E-state index contributed by atoms with van der Waals surface area (Å²) in [7, 11) is 0. The van der Waals surface area contributed by atoms with Crippen molar-refractivity contribution in [3.8, 4) is 0 Å². The third kappa shape index (κ3) is 1.46. The molecule has 1 heteroatoms. The molecule has 0 heterocycles. The van der Waals surface area contributed by atoms with Crippen LogP contribution in [0.25, 0.3) is 0 Å². The first kappa shape index (κ1) is 10.1. The number of nitrogens with two attached hydrogens (primary N) is 1. The summed E-state index contributed by atoms with van der Waals surface area (Å²) in [6.45, 7) is 0.952. The van der Waals surface area contributed by atoms with E-state index in [4.69, 9.17) is 5.73 Å². The van der Waals surface area contributed by atoms with Crippen LogP contribution in [-0.2, 0) is 0 Å². The zero-order chi connectivity index (χ0) is 10.4. The Bertz CT molecular complexity index is 215. The van der Waals surface area contributed by atoms with Crippen LogP contribution in [0.3, 0.4) is 0 Å². The van der Waals surface area contributed by atoms with E-state index in [2.05, 4.69) is 0 Å². The predicted octanol–water partition coefficient (Wildman–Crippen LogP) is 3.48. The highest BCUT2D eigenvalue weighted by Gasteiger charge is 2.51. The molecule has 0 aliphatic heterocycles. The molecule has 0 aromatic carbocycles. The zero-order valence-corrected chi connectivity index (χ0v) is 9.93. The highest BCUT2D eigenvalue weighted by molar-refractivity contribution is 5.03. The fourth-order valence-corrected chi connectivity index (χ4v) is 4.75. The molecule has 4 saturated carbocycles. The molecule has 0 unspecified atom stereocenters. The zero-order valence-electron chi connectivity index (χ0n) is 9.93. The van der Waals surface area contributed by atoms with E-state index in [-0.39, 0.29) is 0 Å². The van der Waals surface area contributed by atoms with Gasteiger partial charge in [0.05, 0.1) is 0 Å². The van der Waals surface area contributed by atoms with Gasteiger partial charge in [-0.1, -0.05) is 12.8 Å². The molecule has 0 atom stereocenters. The Kier molecular flexibility index (Phi) is 2.35. The van der Waals surface area contributed by atoms with Crippen LogP contribution in [0, 0.1) is 16.7 Å². The maximum absolute atomic E-state index is 5.97. The molecular weight excluding hydrogens is 182 g/mol. The maximum atomic E-state index is 5.97. The molecule has 4 fully saturated rings. The van der Waals surface area contributed by atoms with Gasteiger partial charge in [0.25, 0.3) is 0 Å². The Morgan fingerprint density at radius 2 is 1.40 bits per heavy atom. The summed E-state index contributed by atoms with van der Waals surface area (Å²) >= 11 is 0. The van der Waals surface area contributed by atoms with Gasteiger partial charge in [-0.25, -0.2) is 0 Å². The van der Waals surface area contributed by atoms with Crippen molar-refractivity contribution < 1.29 is 0 Å². The molecule has 4 rings (SSSR count). The molecule has 2 N–H and O–H groups in total. The van der Waals surface area contributed by atoms with Crippen LogP contribution >= 0.6 is 0 Å². The lowest BCUT2D eigenvalue weighted by atomic mass is 9.50. The standard InChI is InChI=1S/C14H25N/c15-11-13-5-8-14(9-6-13,10-7-13)12-3-1-2-4-12/h12H,1-11,15H2. The van der Waals surface area contributed by atoms with E-state index in [0.717, 1.165) is 17.9 Å². The van der Waals surface area contributed by atoms with Crippen molar-refractivity contribution in [3.05, 3.63) is 0 Å². The summed E-state index contributed by atoms with van der Waals surface area (Å²) in [4.78, 5) is 0. The monoisotopic (exact) mass is 207 g/mol. The Morgan fingerprint density at radius 1 is 0.867 bits per heavy atom. The van der Waals surface area contributed by atoms with Gasteiger partial charge in [0.15, 0.2) is 0 Å². The third-order valence-corrected chi connectivity index (χ3v) is 6.11. The van der Waals surface area contributed by atoms with Gasteiger partial charge in [0.2, 0.25) is 0 Å². The fraction of sp³-hybridized carbons (Fsp3) is 1.00. The van der Waals surface area contributed by atoms with E-state index in [1.54, 1.807) is 0 Å². The fourth-order valence-electron chi connectivity index (χ4n) is 4.75. The highest BCUT2D eigenvalue weighted by atomic mass is 14.7. The summed E-state index contributed by atoms with van der Waals surface area (Å²) in [5, 5.41) is 0. The first-order valence-electron chi connectivity index (χ1n) is 6.99. The van der Waals surface area contributed by atoms with E-state index < -0.39 is 0 Å². The smallest absolute Gasteiger partial charge is 0.00205 e. The second-order valence-electron chi connectivity index (χ2n) is 6.55. The van der Waals surface area contributed by atoms with Crippen LogP contribution in [0.5, 0.6) is 0 Å². The van der Waals surface area contributed by atoms with Crippen molar-refractivity contribution in [3.63, 3.8) is 0 Å². The van der Waals surface area contributed by atoms with Crippen LogP contribution in [0.1, 0.15) is 64.2 Å². The minimum Gasteiger partial charge on any atom is -0.330 e. The van der Waals surface area contributed by atoms with Gasteiger partial charge >= 0.3 is 0 Å². The lowest BCUT2D eigenvalue weighted by Crippen LogP contribution is -2.47. The number of rotatable bonds is 2. The largest absolute Gasteiger partial charge is 0.330 e. The summed E-state index contributed by atoms with van der Waals surface area (Å²) in [5.41, 5.74) is 7.34. The van der Waals surface area contributed by atoms with Crippen LogP contribution < -0.4 is 5.73 Å². The average Bonchev–Trinajstić information content (AvgIpc) is 2.86. The first-order chi connectivity index (χ1) is 7.29. The minimum absolute atomic E-state index is 0.584. The van der Waals surface area contributed by atoms with Gasteiger partial charge in [-0.15, -0.1) is 0 Å². The van der Waals surface area contributed by atoms with Gasteiger partial charge in [-0.3, -0.25) is 0 Å². The van der Waals surface area contributed by atoms with Crippen LogP contribution in [-0.4, -0.2) is 6.54 Å². The Morgan fingerprint density at radius 3 is 1.87 bits per heavy atom. The van der Waals surface area contributed by atoms with E-state index in [1.165, 1.54) is 64.2 Å². The Hall–Kier alpha value is -0.0400. The van der Waals surface area contributed by atoms with Gasteiger partial charge in [-0.05, 0) is 74.7 Å². The van der Waals surface area contributed by atoms with Crippen LogP contribution in [0.4, 0.5) is 0 Å². The normalized spacial score (nSPS) is 46.2. The molecule has 4 aliphatic carbocycles. The molecule has 0 spiro atoms. The molecule has 0 aromatic rings. The van der Waals surface area contributed by atoms with Gasteiger partial charge in [-0.2, -0.15) is 0 Å². The molecule has 0 radical (unpaired) electrons.